The zero-order valence-electron chi connectivity index (χ0n) is 14.3. The van der Waals surface area contributed by atoms with Gasteiger partial charge in [-0.25, -0.2) is 4.79 Å². The number of halogens is 1. The lowest BCUT2D eigenvalue weighted by molar-refractivity contribution is -0.115. The Balaban J connectivity index is 2.02. The van der Waals surface area contributed by atoms with Gasteiger partial charge in [0.2, 0.25) is 5.91 Å². The normalized spacial score (nSPS) is 16.7. The Morgan fingerprint density at radius 3 is 2.88 bits per heavy atom. The molecule has 5 nitrogen and oxygen atoms in total. The number of ether oxygens (including phenoxy) is 1. The molecule has 0 radical (unpaired) electrons. The first-order chi connectivity index (χ1) is 12.6. The van der Waals surface area contributed by atoms with Crippen molar-refractivity contribution in [2.75, 3.05) is 23.0 Å². The van der Waals surface area contributed by atoms with Crippen LogP contribution in [0.5, 0.6) is 0 Å². The largest absolute Gasteiger partial charge is 0.450 e. The second-order valence-electron chi connectivity index (χ2n) is 5.72. The van der Waals surface area contributed by atoms with Crippen LogP contribution in [0, 0.1) is 0 Å². The summed E-state index contributed by atoms with van der Waals surface area (Å²) in [4.78, 5) is 23.7. The molecule has 1 aliphatic heterocycles. The van der Waals surface area contributed by atoms with Crippen LogP contribution in [-0.2, 0) is 9.53 Å². The van der Waals surface area contributed by atoms with Gasteiger partial charge in [-0.3, -0.25) is 10.1 Å². The van der Waals surface area contributed by atoms with E-state index in [1.54, 1.807) is 30.8 Å². The zero-order chi connectivity index (χ0) is 18.5. The smallest absolute Gasteiger partial charge is 0.411 e. The third-order valence-electron chi connectivity index (χ3n) is 3.93. The van der Waals surface area contributed by atoms with Crippen molar-refractivity contribution in [3.05, 3.63) is 58.6 Å². The van der Waals surface area contributed by atoms with Crippen molar-refractivity contribution in [3.8, 4) is 0 Å². The minimum atomic E-state index is -0.510. The van der Waals surface area contributed by atoms with Crippen LogP contribution < -0.4 is 10.6 Å². The van der Waals surface area contributed by atoms with Crippen LogP contribution in [0.25, 0.3) is 0 Å². The van der Waals surface area contributed by atoms with E-state index in [-0.39, 0.29) is 11.2 Å². The van der Waals surface area contributed by atoms with Crippen molar-refractivity contribution in [2.45, 2.75) is 18.6 Å². The fourth-order valence-electron chi connectivity index (χ4n) is 2.77. The number of fused-ring (bicyclic) bond motifs is 1. The van der Waals surface area contributed by atoms with Crippen LogP contribution in [0.2, 0.25) is 5.02 Å². The van der Waals surface area contributed by atoms with Gasteiger partial charge >= 0.3 is 6.09 Å². The van der Waals surface area contributed by atoms with Gasteiger partial charge in [-0.05, 0) is 42.3 Å². The highest BCUT2D eigenvalue weighted by molar-refractivity contribution is 7.99. The maximum absolute atomic E-state index is 12.0. The number of hydrogen-bond donors (Lipinski definition) is 2. The second-order valence-corrected chi connectivity index (χ2v) is 7.34. The Morgan fingerprint density at radius 1 is 1.31 bits per heavy atom. The molecule has 1 heterocycles. The highest BCUT2D eigenvalue weighted by Crippen LogP contribution is 2.44. The van der Waals surface area contributed by atoms with E-state index in [0.29, 0.717) is 29.5 Å². The quantitative estimate of drug-likeness (QED) is 0.767. The van der Waals surface area contributed by atoms with Gasteiger partial charge in [-0.15, -0.1) is 11.8 Å². The molecule has 1 aliphatic rings. The van der Waals surface area contributed by atoms with E-state index in [2.05, 4.69) is 10.6 Å². The first-order valence-electron chi connectivity index (χ1n) is 8.32. The molecule has 0 bridgehead atoms. The van der Waals surface area contributed by atoms with Crippen LogP contribution in [0.15, 0.2) is 42.5 Å². The topological polar surface area (TPSA) is 67.4 Å². The molecule has 0 aliphatic carbocycles. The molecule has 2 aromatic rings. The average Bonchev–Trinajstić information content (AvgIpc) is 2.60. The summed E-state index contributed by atoms with van der Waals surface area (Å²) >= 11 is 8.08. The van der Waals surface area contributed by atoms with Crippen LogP contribution in [-0.4, -0.2) is 24.4 Å². The molecule has 136 valence electrons. The van der Waals surface area contributed by atoms with Crippen molar-refractivity contribution < 1.29 is 14.3 Å². The molecule has 1 atom stereocenters. The third-order valence-corrected chi connectivity index (χ3v) is 5.56. The summed E-state index contributed by atoms with van der Waals surface area (Å²) in [6.07, 6.45) is -0.0715. The highest BCUT2D eigenvalue weighted by atomic mass is 35.5. The standard InChI is InChI=1S/C19H19ClN2O3S/c1-2-25-19(24)21-12-7-8-16-14(11-12)18(26-10-9-17(23)22-16)13-5-3-4-6-15(13)20/h3-8,11,18H,2,9-10H2,1H3,(H,21,24)(H,22,23). The van der Waals surface area contributed by atoms with Gasteiger partial charge in [0.1, 0.15) is 0 Å². The second kappa shape index (κ2) is 8.47. The number of carbonyl (C=O) groups excluding carboxylic acids is 2. The molecule has 2 amide bonds. The summed E-state index contributed by atoms with van der Waals surface area (Å²) in [5, 5.41) is 6.28. The minimum Gasteiger partial charge on any atom is -0.450 e. The summed E-state index contributed by atoms with van der Waals surface area (Å²) < 4.78 is 4.94. The van der Waals surface area contributed by atoms with E-state index in [9.17, 15) is 9.59 Å². The zero-order valence-corrected chi connectivity index (χ0v) is 15.8. The molecular formula is C19H19ClN2O3S. The highest BCUT2D eigenvalue weighted by Gasteiger charge is 2.24. The summed E-state index contributed by atoms with van der Waals surface area (Å²) in [7, 11) is 0. The fourth-order valence-corrected chi connectivity index (χ4v) is 4.38. The van der Waals surface area contributed by atoms with Crippen molar-refractivity contribution in [3.63, 3.8) is 0 Å². The maximum Gasteiger partial charge on any atom is 0.411 e. The number of thioether (sulfide) groups is 1. The number of hydrogen-bond acceptors (Lipinski definition) is 4. The molecule has 0 aromatic heterocycles. The predicted octanol–water partition coefficient (Wildman–Crippen LogP) is 5.07. The summed E-state index contributed by atoms with van der Waals surface area (Å²) in [5.74, 6) is 0.652. The van der Waals surface area contributed by atoms with E-state index < -0.39 is 6.09 Å². The van der Waals surface area contributed by atoms with E-state index >= 15 is 0 Å². The Hall–Kier alpha value is -2.18. The van der Waals surface area contributed by atoms with Gasteiger partial charge in [-0.1, -0.05) is 29.8 Å². The van der Waals surface area contributed by atoms with E-state index in [4.69, 9.17) is 16.3 Å². The van der Waals surface area contributed by atoms with Gasteiger partial charge in [0.05, 0.1) is 11.9 Å². The molecule has 3 rings (SSSR count). The van der Waals surface area contributed by atoms with Gasteiger partial charge < -0.3 is 10.1 Å². The van der Waals surface area contributed by atoms with Crippen LogP contribution in [0.1, 0.15) is 29.7 Å². The number of rotatable bonds is 3. The van der Waals surface area contributed by atoms with E-state index in [1.165, 1.54) is 0 Å². The number of nitrogens with one attached hydrogen (secondary N) is 2. The molecular weight excluding hydrogens is 372 g/mol. The molecule has 2 N–H and O–H groups in total. The van der Waals surface area contributed by atoms with Crippen LogP contribution in [0.3, 0.4) is 0 Å². The molecule has 0 saturated heterocycles. The monoisotopic (exact) mass is 390 g/mol. The summed E-state index contributed by atoms with van der Waals surface area (Å²) in [6, 6.07) is 13.1. The molecule has 0 fully saturated rings. The third kappa shape index (κ3) is 4.31. The van der Waals surface area contributed by atoms with Crippen molar-refractivity contribution in [1.29, 1.82) is 0 Å². The maximum atomic E-state index is 12.0. The van der Waals surface area contributed by atoms with Crippen molar-refractivity contribution in [1.82, 2.24) is 0 Å². The summed E-state index contributed by atoms with van der Waals surface area (Å²) in [5.41, 5.74) is 3.20. The van der Waals surface area contributed by atoms with Gasteiger partial charge in [0.25, 0.3) is 0 Å². The van der Waals surface area contributed by atoms with Crippen LogP contribution >= 0.6 is 23.4 Å². The molecule has 2 aromatic carbocycles. The van der Waals surface area contributed by atoms with Gasteiger partial charge in [0, 0.05) is 28.6 Å². The van der Waals surface area contributed by atoms with Crippen molar-refractivity contribution >= 4 is 46.7 Å². The first kappa shape index (κ1) is 18.6. The number of amides is 2. The van der Waals surface area contributed by atoms with E-state index in [0.717, 1.165) is 16.8 Å². The summed E-state index contributed by atoms with van der Waals surface area (Å²) in [6.45, 7) is 2.05. The van der Waals surface area contributed by atoms with Crippen molar-refractivity contribution in [2.24, 2.45) is 0 Å². The minimum absolute atomic E-state index is 0.0255. The van der Waals surface area contributed by atoms with Gasteiger partial charge in [-0.2, -0.15) is 0 Å². The lowest BCUT2D eigenvalue weighted by Crippen LogP contribution is -2.19. The van der Waals surface area contributed by atoms with E-state index in [1.807, 2.05) is 30.3 Å². The number of anilines is 2. The first-order valence-corrected chi connectivity index (χ1v) is 9.74. The molecule has 7 heteroatoms. The average molecular weight is 391 g/mol. The van der Waals surface area contributed by atoms with Crippen LogP contribution in [0.4, 0.5) is 16.2 Å². The fraction of sp³-hybridized carbons (Fsp3) is 0.263. The van der Waals surface area contributed by atoms with Gasteiger partial charge in [0.15, 0.2) is 0 Å². The SMILES string of the molecule is CCOC(=O)Nc1ccc2c(c1)C(c1ccccc1Cl)SCCC(=O)N2. The Kier molecular flexibility index (Phi) is 6.06. The Bertz CT molecular complexity index is 828. The number of benzene rings is 2. The Morgan fingerprint density at radius 2 is 2.12 bits per heavy atom. The number of carbonyl (C=O) groups is 2. The Labute approximate surface area is 161 Å². The lowest BCUT2D eigenvalue weighted by atomic mass is 10.0. The molecule has 26 heavy (non-hydrogen) atoms. The lowest BCUT2D eigenvalue weighted by Gasteiger charge is -2.25. The predicted molar refractivity (Wildman–Crippen MR) is 106 cm³/mol. The molecule has 0 saturated carbocycles. The molecule has 0 spiro atoms. The molecule has 1 unspecified atom stereocenters.